The Labute approximate surface area is 313 Å². The highest BCUT2D eigenvalue weighted by molar-refractivity contribution is 9.10. The van der Waals surface area contributed by atoms with E-state index in [2.05, 4.69) is 28.6 Å². The molecule has 0 N–H and O–H groups in total. The van der Waals surface area contributed by atoms with Gasteiger partial charge in [-0.1, -0.05) is 46.8 Å². The van der Waals surface area contributed by atoms with Crippen LogP contribution >= 0.6 is 15.9 Å². The Bertz CT molecular complexity index is 1800. The summed E-state index contributed by atoms with van der Waals surface area (Å²) in [5.74, 6) is 0.633. The van der Waals surface area contributed by atoms with Gasteiger partial charge in [-0.25, -0.2) is 9.59 Å². The van der Waals surface area contributed by atoms with Gasteiger partial charge in [-0.2, -0.15) is 5.26 Å². The summed E-state index contributed by atoms with van der Waals surface area (Å²) in [6, 6.07) is 29.2. The summed E-state index contributed by atoms with van der Waals surface area (Å²) in [6.07, 6.45) is 7.20. The van der Waals surface area contributed by atoms with Crippen molar-refractivity contribution in [2.45, 2.75) is 58.0 Å². The molecule has 0 saturated heterocycles. The predicted molar refractivity (Wildman–Crippen MR) is 201 cm³/mol. The summed E-state index contributed by atoms with van der Waals surface area (Å²) < 4.78 is 28.7. The largest absolute Gasteiger partial charge is 0.494 e. The van der Waals surface area contributed by atoms with E-state index >= 15 is 0 Å². The number of carbonyl (C=O) groups is 3. The molecule has 0 aliphatic rings. The highest BCUT2D eigenvalue weighted by Gasteiger charge is 2.11. The number of rotatable bonds is 21. The molecule has 4 aromatic rings. The van der Waals surface area contributed by atoms with Crippen LogP contribution in [-0.4, -0.2) is 37.7 Å². The zero-order valence-corrected chi connectivity index (χ0v) is 30.6. The Morgan fingerprint density at radius 3 is 1.98 bits per heavy atom. The highest BCUT2D eigenvalue weighted by atomic mass is 79.9. The number of halogens is 1. The van der Waals surface area contributed by atoms with Crippen LogP contribution in [0.2, 0.25) is 0 Å². The van der Waals surface area contributed by atoms with E-state index in [1.54, 1.807) is 48.5 Å². The van der Waals surface area contributed by atoms with Crippen LogP contribution in [0.4, 0.5) is 0 Å². The maximum absolute atomic E-state index is 12.7. The third-order valence-corrected chi connectivity index (χ3v) is 8.41. The molecule has 0 unspecified atom stereocenters. The number of carbonyl (C=O) groups excluding carboxylic acids is 3. The Balaban J connectivity index is 1.07. The summed E-state index contributed by atoms with van der Waals surface area (Å²) in [6.45, 7) is 4.89. The number of nitrogens with zero attached hydrogens (tertiary/aromatic N) is 1. The van der Waals surface area contributed by atoms with Crippen molar-refractivity contribution >= 4 is 33.8 Å². The van der Waals surface area contributed by atoms with Crippen LogP contribution in [0.1, 0.15) is 72.9 Å². The van der Waals surface area contributed by atoms with E-state index in [-0.39, 0.29) is 12.6 Å². The quantitative estimate of drug-likeness (QED) is 0.0353. The zero-order chi connectivity index (χ0) is 37.0. The van der Waals surface area contributed by atoms with Crippen LogP contribution in [0, 0.1) is 11.3 Å². The first-order valence-electron chi connectivity index (χ1n) is 17.3. The average Bonchev–Trinajstić information content (AvgIpc) is 3.17. The van der Waals surface area contributed by atoms with Crippen molar-refractivity contribution in [3.05, 3.63) is 125 Å². The van der Waals surface area contributed by atoms with Gasteiger partial charge in [0.1, 0.15) is 23.9 Å². The molecule has 4 rings (SSSR count). The lowest BCUT2D eigenvalue weighted by atomic mass is 10.0. The molecule has 10 heteroatoms. The standard InChI is InChI=1S/C42H42BrNO8/c1-2-40(45)50-27-9-5-6-10-41(46)51-30-35-28-36(43)19-24-39(35)49-26-8-4-3-7-25-48-37-20-17-34(18-21-37)42(47)52-38-22-15-33(16-23-38)32-13-11-31(29-44)12-14-32/h2,11-24,28H,1,3-10,25-27,30H2. The average molecular weight is 769 g/mol. The summed E-state index contributed by atoms with van der Waals surface area (Å²) in [4.78, 5) is 35.9. The van der Waals surface area contributed by atoms with Crippen molar-refractivity contribution in [2.75, 3.05) is 19.8 Å². The van der Waals surface area contributed by atoms with Crippen molar-refractivity contribution in [1.29, 1.82) is 5.26 Å². The molecule has 0 aliphatic heterocycles. The molecule has 270 valence electrons. The second kappa shape index (κ2) is 21.7. The monoisotopic (exact) mass is 767 g/mol. The molecule has 9 nitrogen and oxygen atoms in total. The number of benzene rings is 4. The molecule has 0 bridgehead atoms. The van der Waals surface area contributed by atoms with Gasteiger partial charge < -0.3 is 23.7 Å². The molecule has 0 aliphatic carbocycles. The number of unbranched alkanes of at least 4 members (excludes halogenated alkanes) is 5. The SMILES string of the molecule is C=CC(=O)OCCCCCC(=O)OCc1cc(Br)ccc1OCCCCCCOc1ccc(C(=O)Oc2ccc(-c3ccc(C#N)cc3)cc2)cc1. The number of nitriles is 1. The molecule has 0 amide bonds. The van der Waals surface area contributed by atoms with E-state index in [4.69, 9.17) is 28.9 Å². The third kappa shape index (κ3) is 13.7. The van der Waals surface area contributed by atoms with Crippen molar-refractivity contribution in [2.24, 2.45) is 0 Å². The van der Waals surface area contributed by atoms with Crippen LogP contribution in [0.15, 0.2) is 108 Å². The Morgan fingerprint density at radius 2 is 1.31 bits per heavy atom. The first-order chi connectivity index (χ1) is 25.3. The number of hydrogen-bond donors (Lipinski definition) is 0. The highest BCUT2D eigenvalue weighted by Crippen LogP contribution is 2.26. The summed E-state index contributed by atoms with van der Waals surface area (Å²) >= 11 is 3.48. The Kier molecular flexibility index (Phi) is 16.5. The molecule has 0 heterocycles. The van der Waals surface area contributed by atoms with E-state index in [1.807, 2.05) is 42.5 Å². The third-order valence-electron chi connectivity index (χ3n) is 7.91. The van der Waals surface area contributed by atoms with Crippen LogP contribution in [0.3, 0.4) is 0 Å². The minimum Gasteiger partial charge on any atom is -0.494 e. The topological polar surface area (TPSA) is 121 Å². The molecule has 0 atom stereocenters. The van der Waals surface area contributed by atoms with Crippen molar-refractivity contribution in [3.63, 3.8) is 0 Å². The first-order valence-corrected chi connectivity index (χ1v) is 18.1. The number of hydrogen-bond acceptors (Lipinski definition) is 9. The van der Waals surface area contributed by atoms with E-state index in [9.17, 15) is 14.4 Å². The summed E-state index contributed by atoms with van der Waals surface area (Å²) in [7, 11) is 0. The van der Waals surface area contributed by atoms with Gasteiger partial charge in [0.25, 0.3) is 0 Å². The molecule has 0 radical (unpaired) electrons. The zero-order valence-electron chi connectivity index (χ0n) is 29.0. The van der Waals surface area contributed by atoms with Crippen molar-refractivity contribution < 1.29 is 38.1 Å². The second-order valence-corrected chi connectivity index (χ2v) is 12.7. The van der Waals surface area contributed by atoms with Crippen LogP contribution < -0.4 is 14.2 Å². The Hall–Kier alpha value is -5.40. The van der Waals surface area contributed by atoms with Gasteiger partial charge in [0.05, 0.1) is 37.0 Å². The lowest BCUT2D eigenvalue weighted by molar-refractivity contribution is -0.145. The maximum Gasteiger partial charge on any atom is 0.343 e. The van der Waals surface area contributed by atoms with E-state index in [0.717, 1.165) is 59.3 Å². The van der Waals surface area contributed by atoms with Crippen LogP contribution in [-0.2, 0) is 25.7 Å². The van der Waals surface area contributed by atoms with Crippen LogP contribution in [0.25, 0.3) is 11.1 Å². The van der Waals surface area contributed by atoms with Gasteiger partial charge in [0.2, 0.25) is 0 Å². The number of ether oxygens (including phenoxy) is 5. The maximum atomic E-state index is 12.7. The molecule has 0 saturated carbocycles. The molecule has 0 aromatic heterocycles. The van der Waals surface area contributed by atoms with E-state index < -0.39 is 11.9 Å². The minimum absolute atomic E-state index is 0.125. The molecule has 4 aromatic carbocycles. The molecular formula is C42H42BrNO8. The normalized spacial score (nSPS) is 10.5. The molecule has 52 heavy (non-hydrogen) atoms. The van der Waals surface area contributed by atoms with Crippen LogP contribution in [0.5, 0.6) is 17.2 Å². The fourth-order valence-electron chi connectivity index (χ4n) is 5.05. The van der Waals surface area contributed by atoms with Gasteiger partial charge in [0.15, 0.2) is 0 Å². The predicted octanol–water partition coefficient (Wildman–Crippen LogP) is 9.56. The summed E-state index contributed by atoms with van der Waals surface area (Å²) in [5.41, 5.74) is 3.75. The fourth-order valence-corrected chi connectivity index (χ4v) is 5.46. The summed E-state index contributed by atoms with van der Waals surface area (Å²) in [5, 5.41) is 8.98. The van der Waals surface area contributed by atoms with E-state index in [0.29, 0.717) is 67.5 Å². The molecular weight excluding hydrogens is 726 g/mol. The van der Waals surface area contributed by atoms with Gasteiger partial charge in [-0.15, -0.1) is 0 Å². The smallest absolute Gasteiger partial charge is 0.343 e. The second-order valence-electron chi connectivity index (χ2n) is 11.8. The van der Waals surface area contributed by atoms with Gasteiger partial charge in [-0.05, 0) is 123 Å². The van der Waals surface area contributed by atoms with Gasteiger partial charge in [0, 0.05) is 22.5 Å². The van der Waals surface area contributed by atoms with Gasteiger partial charge >= 0.3 is 17.9 Å². The fraction of sp³-hybridized carbons (Fsp3) is 0.286. The first kappa shape index (κ1) is 39.4. The van der Waals surface area contributed by atoms with Gasteiger partial charge in [-0.3, -0.25) is 4.79 Å². The lowest BCUT2D eigenvalue weighted by Crippen LogP contribution is -2.08. The van der Waals surface area contributed by atoms with Crippen molar-refractivity contribution in [1.82, 2.24) is 0 Å². The van der Waals surface area contributed by atoms with Crippen molar-refractivity contribution in [3.8, 4) is 34.4 Å². The Morgan fingerprint density at radius 1 is 0.692 bits per heavy atom. The molecule has 0 spiro atoms. The lowest BCUT2D eigenvalue weighted by Gasteiger charge is -2.13. The number of esters is 3. The minimum atomic E-state index is -0.454. The molecule has 0 fully saturated rings. The van der Waals surface area contributed by atoms with E-state index in [1.165, 1.54) is 0 Å².